The van der Waals surface area contributed by atoms with Gasteiger partial charge in [-0.2, -0.15) is 5.10 Å². The summed E-state index contributed by atoms with van der Waals surface area (Å²) in [7, 11) is 0. The van der Waals surface area contributed by atoms with Gasteiger partial charge in [-0.1, -0.05) is 86.1 Å². The molecule has 0 N–H and O–H groups in total. The van der Waals surface area contributed by atoms with E-state index in [1.807, 2.05) is 0 Å². The van der Waals surface area contributed by atoms with Crippen LogP contribution in [-0.4, -0.2) is 5.71 Å². The van der Waals surface area contributed by atoms with Crippen LogP contribution in [0.2, 0.25) is 0 Å². The lowest BCUT2D eigenvalue weighted by molar-refractivity contribution is 0.709. The summed E-state index contributed by atoms with van der Waals surface area (Å²) in [6, 6.07) is 30.4. The average Bonchev–Trinajstić information content (AvgIpc) is 3.19. The first kappa shape index (κ1) is 17.5. The molecule has 4 rings (SSSR count). The molecule has 1 aliphatic heterocycles. The lowest BCUT2D eigenvalue weighted by atomic mass is 9.97. The predicted molar refractivity (Wildman–Crippen MR) is 114 cm³/mol. The Morgan fingerprint density at radius 2 is 1.52 bits per heavy atom. The summed E-state index contributed by atoms with van der Waals surface area (Å²) in [5.74, 6) is 0. The molecule has 0 aromatic heterocycles. The van der Waals surface area contributed by atoms with Crippen LogP contribution in [0, 0.1) is 0 Å². The Labute approximate surface area is 162 Å². The summed E-state index contributed by atoms with van der Waals surface area (Å²) in [6.07, 6.45) is 4.57. The van der Waals surface area contributed by atoms with Gasteiger partial charge >= 0.3 is 0 Å². The minimum Gasteiger partial charge on any atom is -0.257 e. The fourth-order valence-corrected chi connectivity index (χ4v) is 3.68. The van der Waals surface area contributed by atoms with Gasteiger partial charge in [0.2, 0.25) is 0 Å². The summed E-state index contributed by atoms with van der Waals surface area (Å²) in [4.78, 5) is 0. The van der Waals surface area contributed by atoms with E-state index in [-0.39, 0.29) is 6.04 Å². The van der Waals surface area contributed by atoms with Gasteiger partial charge in [0.05, 0.1) is 17.4 Å². The van der Waals surface area contributed by atoms with E-state index >= 15 is 0 Å². The molecule has 0 fully saturated rings. The van der Waals surface area contributed by atoms with Crippen molar-refractivity contribution in [3.8, 4) is 0 Å². The van der Waals surface area contributed by atoms with Gasteiger partial charge in [0.1, 0.15) is 0 Å². The van der Waals surface area contributed by atoms with Crippen LogP contribution in [0.15, 0.2) is 90.0 Å². The van der Waals surface area contributed by atoms with E-state index in [0.717, 1.165) is 24.2 Å². The molecule has 0 bridgehead atoms. The smallest absolute Gasteiger partial charge is 0.0831 e. The molecule has 0 aliphatic carbocycles. The summed E-state index contributed by atoms with van der Waals surface area (Å²) < 4.78 is 0. The van der Waals surface area contributed by atoms with Crippen LogP contribution < -0.4 is 5.01 Å². The summed E-state index contributed by atoms with van der Waals surface area (Å²) in [5.41, 5.74) is 6.25. The van der Waals surface area contributed by atoms with E-state index in [1.165, 1.54) is 29.5 Å². The number of para-hydroxylation sites is 1. The van der Waals surface area contributed by atoms with Gasteiger partial charge in [-0.15, -0.1) is 0 Å². The predicted octanol–water partition coefficient (Wildman–Crippen LogP) is 6.38. The van der Waals surface area contributed by atoms with Crippen molar-refractivity contribution in [2.24, 2.45) is 5.10 Å². The quantitative estimate of drug-likeness (QED) is 0.501. The number of hydrazone groups is 1. The van der Waals surface area contributed by atoms with Gasteiger partial charge in [0, 0.05) is 6.42 Å². The van der Waals surface area contributed by atoms with Crippen molar-refractivity contribution in [1.29, 1.82) is 0 Å². The van der Waals surface area contributed by atoms with E-state index in [1.54, 1.807) is 0 Å². The molecule has 1 unspecified atom stereocenters. The maximum absolute atomic E-state index is 5.03. The Morgan fingerprint density at radius 3 is 2.19 bits per heavy atom. The number of nitrogens with zero attached hydrogens (tertiary/aromatic N) is 2. The maximum atomic E-state index is 5.03. The van der Waals surface area contributed by atoms with Crippen LogP contribution in [-0.2, 0) is 6.42 Å². The minimum atomic E-state index is 0.239. The van der Waals surface area contributed by atoms with Gasteiger partial charge in [-0.25, -0.2) is 0 Å². The fraction of sp³-hybridized carbons (Fsp3) is 0.240. The van der Waals surface area contributed by atoms with Crippen LogP contribution in [0.25, 0.3) is 0 Å². The molecule has 0 amide bonds. The molecular weight excluding hydrogens is 328 g/mol. The number of anilines is 1. The molecule has 0 radical (unpaired) electrons. The zero-order valence-corrected chi connectivity index (χ0v) is 15.9. The molecule has 3 aromatic rings. The van der Waals surface area contributed by atoms with Gasteiger partial charge in [0.15, 0.2) is 0 Å². The number of unbranched alkanes of at least 4 members (excludes halogenated alkanes) is 1. The third-order valence-electron chi connectivity index (χ3n) is 5.22. The highest BCUT2D eigenvalue weighted by molar-refractivity contribution is 6.03. The van der Waals surface area contributed by atoms with Crippen molar-refractivity contribution in [2.45, 2.75) is 38.6 Å². The highest BCUT2D eigenvalue weighted by Crippen LogP contribution is 2.36. The summed E-state index contributed by atoms with van der Waals surface area (Å²) in [6.45, 7) is 2.24. The monoisotopic (exact) mass is 354 g/mol. The zero-order chi connectivity index (χ0) is 18.5. The van der Waals surface area contributed by atoms with Crippen molar-refractivity contribution in [3.05, 3.63) is 102 Å². The third-order valence-corrected chi connectivity index (χ3v) is 5.22. The molecule has 1 heterocycles. The molecule has 2 heteroatoms. The van der Waals surface area contributed by atoms with E-state index < -0.39 is 0 Å². The number of hydrogen-bond acceptors (Lipinski definition) is 2. The number of hydrogen-bond donors (Lipinski definition) is 0. The van der Waals surface area contributed by atoms with Crippen molar-refractivity contribution in [3.63, 3.8) is 0 Å². The highest BCUT2D eigenvalue weighted by Gasteiger charge is 2.29. The lowest BCUT2D eigenvalue weighted by Gasteiger charge is -2.23. The first-order valence-electron chi connectivity index (χ1n) is 9.91. The molecule has 0 saturated carbocycles. The van der Waals surface area contributed by atoms with E-state index in [9.17, 15) is 0 Å². The second-order valence-corrected chi connectivity index (χ2v) is 7.16. The van der Waals surface area contributed by atoms with Crippen molar-refractivity contribution in [1.82, 2.24) is 0 Å². The first-order valence-corrected chi connectivity index (χ1v) is 9.91. The van der Waals surface area contributed by atoms with Crippen molar-refractivity contribution < 1.29 is 0 Å². The first-order chi connectivity index (χ1) is 13.3. The largest absolute Gasteiger partial charge is 0.257 e. The normalized spacial score (nSPS) is 16.4. The van der Waals surface area contributed by atoms with E-state index in [2.05, 4.69) is 96.9 Å². The molecule has 136 valence electrons. The summed E-state index contributed by atoms with van der Waals surface area (Å²) >= 11 is 0. The lowest BCUT2D eigenvalue weighted by Crippen LogP contribution is -2.18. The van der Waals surface area contributed by atoms with Gasteiger partial charge in [0.25, 0.3) is 0 Å². The SMILES string of the molecule is CCCCc1ccc(C2=NN(c3ccccc3)C(c3ccccc3)C2)cc1. The Bertz CT molecular complexity index is 883. The second kappa shape index (κ2) is 8.22. The highest BCUT2D eigenvalue weighted by atomic mass is 15.5. The maximum Gasteiger partial charge on any atom is 0.0831 e. The Hall–Kier alpha value is -2.87. The van der Waals surface area contributed by atoms with Crippen LogP contribution in [0.1, 0.15) is 48.9 Å². The molecule has 3 aromatic carbocycles. The van der Waals surface area contributed by atoms with Crippen LogP contribution in [0.3, 0.4) is 0 Å². The van der Waals surface area contributed by atoms with E-state index in [0.29, 0.717) is 0 Å². The number of aryl methyl sites for hydroxylation is 1. The standard InChI is InChI=1S/C25H26N2/c1-2-3-10-20-15-17-21(18-16-20)24-19-25(22-11-6-4-7-12-22)27(26-24)23-13-8-5-9-14-23/h4-9,11-18,25H,2-3,10,19H2,1H3. The van der Waals surface area contributed by atoms with Crippen LogP contribution >= 0.6 is 0 Å². The molecule has 0 saturated heterocycles. The molecule has 27 heavy (non-hydrogen) atoms. The average molecular weight is 354 g/mol. The van der Waals surface area contributed by atoms with Crippen LogP contribution in [0.4, 0.5) is 5.69 Å². The molecule has 1 atom stereocenters. The molecular formula is C25H26N2. The fourth-order valence-electron chi connectivity index (χ4n) is 3.68. The number of rotatable bonds is 6. The molecule has 2 nitrogen and oxygen atoms in total. The minimum absolute atomic E-state index is 0.239. The topological polar surface area (TPSA) is 15.6 Å². The Balaban J connectivity index is 1.63. The second-order valence-electron chi connectivity index (χ2n) is 7.16. The van der Waals surface area contributed by atoms with E-state index in [4.69, 9.17) is 5.10 Å². The summed E-state index contributed by atoms with van der Waals surface area (Å²) in [5, 5.41) is 7.20. The Morgan fingerprint density at radius 1 is 0.852 bits per heavy atom. The van der Waals surface area contributed by atoms with Crippen molar-refractivity contribution in [2.75, 3.05) is 5.01 Å². The molecule has 1 aliphatic rings. The van der Waals surface area contributed by atoms with Crippen LogP contribution in [0.5, 0.6) is 0 Å². The third kappa shape index (κ3) is 3.95. The zero-order valence-electron chi connectivity index (χ0n) is 15.9. The van der Waals surface area contributed by atoms with Gasteiger partial charge < -0.3 is 0 Å². The number of benzene rings is 3. The molecule has 0 spiro atoms. The van der Waals surface area contributed by atoms with Crippen molar-refractivity contribution >= 4 is 11.4 Å². The Kier molecular flexibility index (Phi) is 5.34. The van der Waals surface area contributed by atoms with Gasteiger partial charge in [-0.05, 0) is 41.7 Å². The van der Waals surface area contributed by atoms with Gasteiger partial charge in [-0.3, -0.25) is 5.01 Å².